The topological polar surface area (TPSA) is 73.9 Å². The summed E-state index contributed by atoms with van der Waals surface area (Å²) in [7, 11) is 0. The highest BCUT2D eigenvalue weighted by Crippen LogP contribution is 2.20. The van der Waals surface area contributed by atoms with Crippen LogP contribution < -0.4 is 10.5 Å². The number of hydrogen-bond acceptors (Lipinski definition) is 5. The summed E-state index contributed by atoms with van der Waals surface area (Å²) in [5.41, 5.74) is 6.43. The Bertz CT molecular complexity index is 489. The van der Waals surface area contributed by atoms with Crippen molar-refractivity contribution in [3.63, 3.8) is 0 Å². The minimum Gasteiger partial charge on any atom is -0.423 e. The Morgan fingerprint density at radius 3 is 2.59 bits per heavy atom. The molecular weight excluding hydrogens is 284 g/mol. The maximum absolute atomic E-state index is 5.45. The highest BCUT2D eigenvalue weighted by atomic mass is 79.9. The summed E-state index contributed by atoms with van der Waals surface area (Å²) in [4.78, 5) is 12.2. The largest absolute Gasteiger partial charge is 0.423 e. The fourth-order valence-corrected chi connectivity index (χ4v) is 1.59. The van der Waals surface area contributed by atoms with Crippen LogP contribution in [0.25, 0.3) is 0 Å². The summed E-state index contributed by atoms with van der Waals surface area (Å²) in [6, 6.07) is 2.09. The van der Waals surface area contributed by atoms with Gasteiger partial charge >= 0.3 is 6.01 Å². The summed E-state index contributed by atoms with van der Waals surface area (Å²) in [6.07, 6.45) is 7.46. The predicted octanol–water partition coefficient (Wildman–Crippen LogP) is 1.93. The van der Waals surface area contributed by atoms with Gasteiger partial charge in [-0.15, -0.1) is 0 Å². The molecule has 0 radical (unpaired) electrons. The second-order valence-electron chi connectivity index (χ2n) is 3.35. The Morgan fingerprint density at radius 2 is 1.94 bits per heavy atom. The van der Waals surface area contributed by atoms with E-state index in [0.717, 1.165) is 16.5 Å². The van der Waals surface area contributed by atoms with Gasteiger partial charge in [0, 0.05) is 23.1 Å². The molecule has 0 saturated carbocycles. The Labute approximate surface area is 107 Å². The lowest BCUT2D eigenvalue weighted by Crippen LogP contribution is -2.03. The number of pyridine rings is 1. The van der Waals surface area contributed by atoms with E-state index in [1.807, 2.05) is 0 Å². The number of halogens is 1. The van der Waals surface area contributed by atoms with Gasteiger partial charge in [-0.1, -0.05) is 0 Å². The van der Waals surface area contributed by atoms with Gasteiger partial charge in [-0.25, -0.2) is 9.97 Å². The minimum absolute atomic E-state index is 0.297. The molecule has 17 heavy (non-hydrogen) atoms. The van der Waals surface area contributed by atoms with Crippen molar-refractivity contribution in [2.45, 2.75) is 6.42 Å². The van der Waals surface area contributed by atoms with E-state index < -0.39 is 0 Å². The second kappa shape index (κ2) is 5.70. The maximum atomic E-state index is 5.45. The molecule has 0 spiro atoms. The number of hydrogen-bond donors (Lipinski definition) is 1. The van der Waals surface area contributed by atoms with E-state index in [1.165, 1.54) is 0 Å². The third kappa shape index (κ3) is 3.47. The van der Waals surface area contributed by atoms with Crippen molar-refractivity contribution in [2.75, 3.05) is 6.54 Å². The number of ether oxygens (including phenoxy) is 1. The van der Waals surface area contributed by atoms with Gasteiger partial charge in [0.1, 0.15) is 0 Å². The quantitative estimate of drug-likeness (QED) is 0.933. The zero-order chi connectivity index (χ0) is 12.1. The molecule has 6 heteroatoms. The van der Waals surface area contributed by atoms with Gasteiger partial charge in [-0.2, -0.15) is 0 Å². The van der Waals surface area contributed by atoms with Crippen LogP contribution >= 0.6 is 15.9 Å². The molecule has 2 aromatic heterocycles. The molecule has 2 N–H and O–H groups in total. The molecule has 0 aliphatic rings. The van der Waals surface area contributed by atoms with Crippen molar-refractivity contribution in [3.05, 3.63) is 40.9 Å². The van der Waals surface area contributed by atoms with Crippen molar-refractivity contribution in [1.82, 2.24) is 15.0 Å². The normalized spacial score (nSPS) is 10.2. The van der Waals surface area contributed by atoms with E-state index in [0.29, 0.717) is 18.3 Å². The molecule has 2 rings (SSSR count). The summed E-state index contributed by atoms with van der Waals surface area (Å²) in [5, 5.41) is 0. The molecule has 0 saturated heterocycles. The number of nitrogens with two attached hydrogens (primary N) is 1. The lowest BCUT2D eigenvalue weighted by molar-refractivity contribution is 0.438. The average molecular weight is 295 g/mol. The molecule has 88 valence electrons. The third-order valence-electron chi connectivity index (χ3n) is 2.00. The fraction of sp³-hybridized carbons (Fsp3) is 0.182. The van der Waals surface area contributed by atoms with Crippen molar-refractivity contribution >= 4 is 15.9 Å². The van der Waals surface area contributed by atoms with Gasteiger partial charge < -0.3 is 10.5 Å². The predicted molar refractivity (Wildman–Crippen MR) is 66.8 cm³/mol. The first kappa shape index (κ1) is 11.9. The highest BCUT2D eigenvalue weighted by Gasteiger charge is 2.01. The lowest BCUT2D eigenvalue weighted by atomic mass is 10.2. The van der Waals surface area contributed by atoms with E-state index in [4.69, 9.17) is 10.5 Å². The van der Waals surface area contributed by atoms with Crippen molar-refractivity contribution in [2.24, 2.45) is 5.73 Å². The van der Waals surface area contributed by atoms with Crippen LogP contribution in [-0.4, -0.2) is 21.5 Å². The Hall–Kier alpha value is -1.53. The van der Waals surface area contributed by atoms with Gasteiger partial charge in [0.15, 0.2) is 5.75 Å². The van der Waals surface area contributed by atoms with Gasteiger partial charge in [0.2, 0.25) is 0 Å². The van der Waals surface area contributed by atoms with Gasteiger partial charge in [-0.05, 0) is 40.5 Å². The Balaban J connectivity index is 2.08. The average Bonchev–Trinajstić information content (AvgIpc) is 2.32. The van der Waals surface area contributed by atoms with Crippen molar-refractivity contribution < 1.29 is 4.74 Å². The smallest absolute Gasteiger partial charge is 0.321 e. The first-order valence-electron chi connectivity index (χ1n) is 5.07. The highest BCUT2D eigenvalue weighted by molar-refractivity contribution is 9.10. The zero-order valence-corrected chi connectivity index (χ0v) is 10.6. The summed E-state index contributed by atoms with van der Waals surface area (Å²) >= 11 is 3.31. The molecule has 0 fully saturated rings. The minimum atomic E-state index is 0.297. The SMILES string of the molecule is NCCc1cnc(Oc2cncc(Br)c2)nc1. The van der Waals surface area contributed by atoms with Crippen LogP contribution in [0.1, 0.15) is 5.56 Å². The van der Waals surface area contributed by atoms with E-state index in [-0.39, 0.29) is 0 Å². The van der Waals surface area contributed by atoms with E-state index in [2.05, 4.69) is 30.9 Å². The molecule has 2 aromatic rings. The van der Waals surface area contributed by atoms with E-state index in [1.54, 1.807) is 30.9 Å². The fourth-order valence-electron chi connectivity index (χ4n) is 1.24. The summed E-state index contributed by atoms with van der Waals surface area (Å²) in [5.74, 6) is 0.589. The van der Waals surface area contributed by atoms with Gasteiger partial charge in [0.25, 0.3) is 0 Å². The molecule has 0 atom stereocenters. The summed E-state index contributed by atoms with van der Waals surface area (Å²) in [6.45, 7) is 0.582. The van der Waals surface area contributed by atoms with Crippen LogP contribution in [0.3, 0.4) is 0 Å². The van der Waals surface area contributed by atoms with E-state index >= 15 is 0 Å². The molecule has 0 amide bonds. The Morgan fingerprint density at radius 1 is 1.18 bits per heavy atom. The first-order valence-corrected chi connectivity index (χ1v) is 5.86. The van der Waals surface area contributed by atoms with Crippen LogP contribution in [-0.2, 0) is 6.42 Å². The number of rotatable bonds is 4. The molecule has 0 aliphatic heterocycles. The van der Waals surface area contributed by atoms with Crippen molar-refractivity contribution in [3.8, 4) is 11.8 Å². The molecule has 0 unspecified atom stereocenters. The lowest BCUT2D eigenvalue weighted by Gasteiger charge is -2.04. The van der Waals surface area contributed by atoms with Crippen LogP contribution in [0.4, 0.5) is 0 Å². The molecule has 0 aromatic carbocycles. The van der Waals surface area contributed by atoms with E-state index in [9.17, 15) is 0 Å². The number of aromatic nitrogens is 3. The molecule has 0 bridgehead atoms. The summed E-state index contributed by atoms with van der Waals surface area (Å²) < 4.78 is 6.29. The van der Waals surface area contributed by atoms with Crippen LogP contribution in [0.5, 0.6) is 11.8 Å². The van der Waals surface area contributed by atoms with Crippen LogP contribution in [0.2, 0.25) is 0 Å². The Kier molecular flexibility index (Phi) is 4.00. The third-order valence-corrected chi connectivity index (χ3v) is 2.44. The monoisotopic (exact) mass is 294 g/mol. The second-order valence-corrected chi connectivity index (χ2v) is 4.27. The van der Waals surface area contributed by atoms with Crippen molar-refractivity contribution in [1.29, 1.82) is 0 Å². The number of nitrogens with zero attached hydrogens (tertiary/aromatic N) is 3. The zero-order valence-electron chi connectivity index (χ0n) is 9.01. The van der Waals surface area contributed by atoms with Gasteiger partial charge in [-0.3, -0.25) is 4.98 Å². The molecule has 5 nitrogen and oxygen atoms in total. The first-order chi connectivity index (χ1) is 8.28. The maximum Gasteiger partial charge on any atom is 0.321 e. The van der Waals surface area contributed by atoms with Crippen LogP contribution in [0, 0.1) is 0 Å². The standard InChI is InChI=1S/C11H11BrN4O/c12-9-3-10(7-14-6-9)17-11-15-4-8(1-2-13)5-16-11/h3-7H,1-2,13H2. The molecule has 0 aliphatic carbocycles. The molecular formula is C11H11BrN4O. The van der Waals surface area contributed by atoms with Gasteiger partial charge in [0.05, 0.1) is 6.20 Å². The molecule has 2 heterocycles. The van der Waals surface area contributed by atoms with Crippen LogP contribution in [0.15, 0.2) is 35.3 Å².